The Morgan fingerprint density at radius 2 is 1.86 bits per heavy atom. The van der Waals surface area contributed by atoms with Crippen LogP contribution >= 0.6 is 0 Å². The van der Waals surface area contributed by atoms with Crippen LogP contribution in [0.2, 0.25) is 0 Å². The predicted octanol–water partition coefficient (Wildman–Crippen LogP) is 4.87. The first-order valence-corrected chi connectivity index (χ1v) is 10.0. The number of anilines is 1. The average molecular weight is 391 g/mol. The van der Waals surface area contributed by atoms with Gasteiger partial charge in [-0.2, -0.15) is 0 Å². The van der Waals surface area contributed by atoms with Gasteiger partial charge in [-0.3, -0.25) is 4.98 Å². The number of hydrogen-bond donors (Lipinski definition) is 1. The number of nitrogens with two attached hydrogens (primary N) is 1. The molecule has 0 radical (unpaired) electrons. The Morgan fingerprint density at radius 1 is 1.00 bits per heavy atom. The molecule has 4 rings (SSSR count). The Morgan fingerprint density at radius 3 is 2.57 bits per heavy atom. The van der Waals surface area contributed by atoms with Crippen LogP contribution in [0.1, 0.15) is 12.8 Å². The van der Waals surface area contributed by atoms with E-state index in [2.05, 4.69) is 9.97 Å². The van der Waals surface area contributed by atoms with Gasteiger partial charge in [-0.15, -0.1) is 0 Å². The van der Waals surface area contributed by atoms with E-state index in [4.69, 9.17) is 5.73 Å². The van der Waals surface area contributed by atoms with Gasteiger partial charge in [0.05, 0.1) is 33.8 Å². The molecule has 0 spiro atoms. The number of nitrogens with zero attached hydrogens (tertiary/aromatic N) is 2. The largest absolute Gasteiger partial charge is 0.382 e. The fourth-order valence-corrected chi connectivity index (χ4v) is 4.42. The van der Waals surface area contributed by atoms with E-state index in [0.717, 1.165) is 23.3 Å². The number of aromatic nitrogens is 2. The molecule has 1 atom stereocenters. The van der Waals surface area contributed by atoms with Crippen LogP contribution in [-0.2, 0) is 10.8 Å². The second-order valence-corrected chi connectivity index (χ2v) is 7.82. The van der Waals surface area contributed by atoms with Crippen molar-refractivity contribution >= 4 is 16.6 Å². The van der Waals surface area contributed by atoms with Crippen molar-refractivity contribution in [3.05, 3.63) is 83.8 Å². The van der Waals surface area contributed by atoms with Crippen LogP contribution in [0.3, 0.4) is 0 Å². The minimum absolute atomic E-state index is 0.281. The maximum absolute atomic E-state index is 14.8. The van der Waals surface area contributed by atoms with Crippen molar-refractivity contribution in [2.24, 2.45) is 0 Å². The molecule has 1 aliphatic rings. The molecule has 0 fully saturated rings. The molecule has 1 unspecified atom stereocenters. The highest BCUT2D eigenvalue weighted by Crippen LogP contribution is 2.32. The first-order valence-electron chi connectivity index (χ1n) is 8.89. The van der Waals surface area contributed by atoms with Gasteiger partial charge in [0.2, 0.25) is 0 Å². The maximum Gasteiger partial charge on any atom is 0.141 e. The highest BCUT2D eigenvalue weighted by molar-refractivity contribution is 7.89. The number of hydrogen-bond acceptors (Lipinski definition) is 4. The second-order valence-electron chi connectivity index (χ2n) is 6.37. The third kappa shape index (κ3) is 3.64. The van der Waals surface area contributed by atoms with E-state index in [9.17, 15) is 8.60 Å². The van der Waals surface area contributed by atoms with Crippen molar-refractivity contribution < 1.29 is 8.60 Å². The Labute approximate surface area is 165 Å². The van der Waals surface area contributed by atoms with E-state index in [1.54, 1.807) is 12.1 Å². The molecule has 1 aliphatic carbocycles. The zero-order chi connectivity index (χ0) is 19.5. The van der Waals surface area contributed by atoms with Gasteiger partial charge in [-0.1, -0.05) is 36.4 Å². The standard InChI is InChI=1S/C22H18FN3OS/c23-19-12-15(10-11-18(19)20-13-26-22(24)14-25-20)17-8-4-5-9-21(17)28(27)16-6-2-1-3-7-16/h2,4-14H,1,3H2,(H2,24,26). The monoisotopic (exact) mass is 391 g/mol. The molecule has 0 saturated carbocycles. The quantitative estimate of drug-likeness (QED) is 0.689. The van der Waals surface area contributed by atoms with Gasteiger partial charge >= 0.3 is 0 Å². The molecule has 6 heteroatoms. The molecule has 3 aromatic rings. The lowest BCUT2D eigenvalue weighted by Crippen LogP contribution is -1.99. The minimum Gasteiger partial charge on any atom is -0.382 e. The van der Waals surface area contributed by atoms with E-state index >= 15 is 0 Å². The summed E-state index contributed by atoms with van der Waals surface area (Å²) < 4.78 is 27.9. The van der Waals surface area contributed by atoms with Crippen molar-refractivity contribution in [3.63, 3.8) is 0 Å². The summed E-state index contributed by atoms with van der Waals surface area (Å²) in [7, 11) is -1.32. The third-order valence-corrected chi connectivity index (χ3v) is 5.98. The van der Waals surface area contributed by atoms with Gasteiger partial charge in [-0.05, 0) is 48.2 Å². The van der Waals surface area contributed by atoms with Crippen molar-refractivity contribution in [2.75, 3.05) is 5.73 Å². The van der Waals surface area contributed by atoms with Crippen LogP contribution in [0.4, 0.5) is 10.2 Å². The molecule has 28 heavy (non-hydrogen) atoms. The summed E-state index contributed by atoms with van der Waals surface area (Å²) in [5, 5.41) is 0. The van der Waals surface area contributed by atoms with Gasteiger partial charge in [0, 0.05) is 10.5 Å². The van der Waals surface area contributed by atoms with Crippen LogP contribution in [0.5, 0.6) is 0 Å². The summed E-state index contributed by atoms with van der Waals surface area (Å²) in [6.07, 6.45) is 10.6. The average Bonchev–Trinajstić information content (AvgIpc) is 2.74. The Kier molecular flexibility index (Phi) is 5.12. The summed E-state index contributed by atoms with van der Waals surface area (Å²) in [6.45, 7) is 0. The lowest BCUT2D eigenvalue weighted by Gasteiger charge is -2.13. The van der Waals surface area contributed by atoms with E-state index in [0.29, 0.717) is 21.7 Å². The van der Waals surface area contributed by atoms with E-state index in [1.165, 1.54) is 18.5 Å². The van der Waals surface area contributed by atoms with Gasteiger partial charge in [0.15, 0.2) is 0 Å². The summed E-state index contributed by atoms with van der Waals surface area (Å²) >= 11 is 0. The molecular formula is C22H18FN3OS. The summed E-state index contributed by atoms with van der Waals surface area (Å²) in [4.78, 5) is 9.54. The Hall–Kier alpha value is -3.12. The van der Waals surface area contributed by atoms with Crippen molar-refractivity contribution in [1.29, 1.82) is 0 Å². The zero-order valence-electron chi connectivity index (χ0n) is 15.0. The summed E-state index contributed by atoms with van der Waals surface area (Å²) in [5.41, 5.74) is 7.70. The van der Waals surface area contributed by atoms with Crippen LogP contribution in [0.25, 0.3) is 22.4 Å². The number of benzene rings is 2. The molecule has 0 amide bonds. The maximum atomic E-state index is 14.8. The summed E-state index contributed by atoms with van der Waals surface area (Å²) in [5.74, 6) is -0.141. The summed E-state index contributed by atoms with van der Waals surface area (Å²) in [6, 6.07) is 12.3. The first-order chi connectivity index (χ1) is 13.6. The molecule has 2 aromatic carbocycles. The highest BCUT2D eigenvalue weighted by atomic mass is 32.2. The molecule has 4 nitrogen and oxygen atoms in total. The first kappa shape index (κ1) is 18.3. The molecular weight excluding hydrogens is 373 g/mol. The fourth-order valence-electron chi connectivity index (χ4n) is 3.09. The molecule has 2 N–H and O–H groups in total. The molecule has 0 aliphatic heterocycles. The molecule has 0 bridgehead atoms. The van der Waals surface area contributed by atoms with Crippen LogP contribution < -0.4 is 5.73 Å². The Balaban J connectivity index is 1.73. The highest BCUT2D eigenvalue weighted by Gasteiger charge is 2.16. The minimum atomic E-state index is -1.32. The zero-order valence-corrected chi connectivity index (χ0v) is 15.8. The Bertz CT molecular complexity index is 1110. The smallest absolute Gasteiger partial charge is 0.141 e. The predicted molar refractivity (Wildman–Crippen MR) is 110 cm³/mol. The van der Waals surface area contributed by atoms with Crippen molar-refractivity contribution in [3.8, 4) is 22.4 Å². The SMILES string of the molecule is Nc1cnc(-c2ccc(-c3ccccc3S(=O)C3=CCCC=C3)cc2F)cn1. The van der Waals surface area contributed by atoms with Crippen LogP contribution in [0.15, 0.2) is 82.9 Å². The lowest BCUT2D eigenvalue weighted by molar-refractivity contribution is 0.631. The van der Waals surface area contributed by atoms with Gasteiger partial charge in [0.1, 0.15) is 11.6 Å². The van der Waals surface area contributed by atoms with Gasteiger partial charge < -0.3 is 5.73 Å². The molecule has 1 aromatic heterocycles. The number of halogens is 1. The van der Waals surface area contributed by atoms with E-state index < -0.39 is 16.6 Å². The number of nitrogen functional groups attached to an aromatic ring is 1. The van der Waals surface area contributed by atoms with E-state index in [1.807, 2.05) is 42.5 Å². The third-order valence-electron chi connectivity index (χ3n) is 4.49. The van der Waals surface area contributed by atoms with Crippen LogP contribution in [-0.4, -0.2) is 14.2 Å². The number of rotatable bonds is 4. The van der Waals surface area contributed by atoms with Gasteiger partial charge in [0.25, 0.3) is 0 Å². The number of allylic oxidation sites excluding steroid dienone is 3. The second kappa shape index (κ2) is 7.86. The lowest BCUT2D eigenvalue weighted by atomic mass is 10.0. The molecule has 0 saturated heterocycles. The molecule has 140 valence electrons. The van der Waals surface area contributed by atoms with Crippen molar-refractivity contribution in [2.45, 2.75) is 17.7 Å². The fraction of sp³-hybridized carbons (Fsp3) is 0.0909. The molecule has 1 heterocycles. The van der Waals surface area contributed by atoms with Crippen LogP contribution in [0, 0.1) is 5.82 Å². The normalized spacial score (nSPS) is 14.5. The van der Waals surface area contributed by atoms with Crippen molar-refractivity contribution in [1.82, 2.24) is 9.97 Å². The van der Waals surface area contributed by atoms with E-state index in [-0.39, 0.29) is 5.82 Å². The topological polar surface area (TPSA) is 68.9 Å². The van der Waals surface area contributed by atoms with Gasteiger partial charge in [-0.25, -0.2) is 13.6 Å².